The average Bonchev–Trinajstić information content (AvgIpc) is 2.84. The van der Waals surface area contributed by atoms with Gasteiger partial charge in [-0.15, -0.1) is 11.3 Å². The zero-order chi connectivity index (χ0) is 10.8. The Morgan fingerprint density at radius 3 is 3.07 bits per heavy atom. The van der Waals surface area contributed by atoms with Crippen LogP contribution in [0, 0.1) is 5.92 Å². The molecule has 2 rings (SSSR count). The number of hydrogen-bond acceptors (Lipinski definition) is 3. The highest BCUT2D eigenvalue weighted by Gasteiger charge is 2.27. The molecule has 4 heteroatoms. The highest BCUT2D eigenvalue weighted by Crippen LogP contribution is 2.25. The largest absolute Gasteiger partial charge is 0.397 e. The Morgan fingerprint density at radius 2 is 2.53 bits per heavy atom. The molecule has 2 N–H and O–H groups in total. The van der Waals surface area contributed by atoms with Crippen molar-refractivity contribution >= 4 is 22.9 Å². The summed E-state index contributed by atoms with van der Waals surface area (Å²) in [6.07, 6.45) is 2.29. The summed E-state index contributed by atoms with van der Waals surface area (Å²) in [6, 6.07) is 1.80. The van der Waals surface area contributed by atoms with Crippen molar-refractivity contribution < 1.29 is 4.79 Å². The minimum absolute atomic E-state index is 0.110. The second-order valence-corrected chi connectivity index (χ2v) is 4.94. The fraction of sp³-hybridized carbons (Fsp3) is 0.545. The number of thiophene rings is 1. The maximum Gasteiger partial charge on any atom is 0.266 e. The monoisotopic (exact) mass is 224 g/mol. The fourth-order valence-electron chi connectivity index (χ4n) is 1.99. The van der Waals surface area contributed by atoms with E-state index in [1.54, 1.807) is 6.07 Å². The first kappa shape index (κ1) is 10.5. The maximum absolute atomic E-state index is 12.0. The lowest BCUT2D eigenvalue weighted by Crippen LogP contribution is -2.28. The minimum atomic E-state index is 0.110. The second kappa shape index (κ2) is 4.23. The molecule has 82 valence electrons. The molecule has 0 bridgehead atoms. The van der Waals surface area contributed by atoms with Crippen LogP contribution in [0.25, 0.3) is 0 Å². The van der Waals surface area contributed by atoms with E-state index in [9.17, 15) is 4.79 Å². The molecule has 1 atom stereocenters. The number of carbonyl (C=O) groups excluding carboxylic acids is 1. The van der Waals surface area contributed by atoms with Crippen molar-refractivity contribution in [1.29, 1.82) is 0 Å². The van der Waals surface area contributed by atoms with Crippen LogP contribution >= 0.6 is 11.3 Å². The molecule has 2 heterocycles. The van der Waals surface area contributed by atoms with Crippen LogP contribution in [0.2, 0.25) is 0 Å². The zero-order valence-electron chi connectivity index (χ0n) is 8.90. The molecule has 1 fully saturated rings. The molecule has 1 aromatic rings. The number of nitrogens with two attached hydrogens (primary N) is 1. The summed E-state index contributed by atoms with van der Waals surface area (Å²) >= 11 is 1.44. The van der Waals surface area contributed by atoms with Gasteiger partial charge in [0.15, 0.2) is 0 Å². The van der Waals surface area contributed by atoms with Crippen LogP contribution in [-0.4, -0.2) is 23.9 Å². The van der Waals surface area contributed by atoms with Crippen LogP contribution in [0.15, 0.2) is 11.4 Å². The summed E-state index contributed by atoms with van der Waals surface area (Å²) in [7, 11) is 0. The van der Waals surface area contributed by atoms with E-state index in [0.29, 0.717) is 16.5 Å². The van der Waals surface area contributed by atoms with Crippen LogP contribution in [0.5, 0.6) is 0 Å². The van der Waals surface area contributed by atoms with E-state index in [-0.39, 0.29) is 5.91 Å². The van der Waals surface area contributed by atoms with Crippen molar-refractivity contribution in [3.63, 3.8) is 0 Å². The van der Waals surface area contributed by atoms with Gasteiger partial charge in [-0.3, -0.25) is 4.79 Å². The molecule has 3 nitrogen and oxygen atoms in total. The van der Waals surface area contributed by atoms with Crippen molar-refractivity contribution in [2.75, 3.05) is 18.8 Å². The van der Waals surface area contributed by atoms with Gasteiger partial charge in [-0.25, -0.2) is 0 Å². The molecule has 0 aromatic carbocycles. The van der Waals surface area contributed by atoms with Crippen LogP contribution in [-0.2, 0) is 0 Å². The highest BCUT2D eigenvalue weighted by molar-refractivity contribution is 7.12. The highest BCUT2D eigenvalue weighted by atomic mass is 32.1. The molecule has 0 aliphatic carbocycles. The van der Waals surface area contributed by atoms with Crippen molar-refractivity contribution in [3.8, 4) is 0 Å². The van der Waals surface area contributed by atoms with E-state index >= 15 is 0 Å². The Labute approximate surface area is 93.9 Å². The van der Waals surface area contributed by atoms with Crippen LogP contribution in [0.4, 0.5) is 5.69 Å². The Hall–Kier alpha value is -1.03. The predicted molar refractivity (Wildman–Crippen MR) is 63.0 cm³/mol. The lowest BCUT2D eigenvalue weighted by atomic mass is 10.1. The van der Waals surface area contributed by atoms with Gasteiger partial charge in [0.2, 0.25) is 0 Å². The van der Waals surface area contributed by atoms with Gasteiger partial charge in [0.25, 0.3) is 5.91 Å². The van der Waals surface area contributed by atoms with Gasteiger partial charge in [-0.05, 0) is 23.8 Å². The second-order valence-electron chi connectivity index (χ2n) is 4.02. The summed E-state index contributed by atoms with van der Waals surface area (Å²) in [5, 5.41) is 1.87. The standard InChI is InChI=1S/C11H16N2OS/c1-2-8-3-5-13(7-8)11(14)10-9(12)4-6-15-10/h4,6,8H,2-3,5,7,12H2,1H3. The van der Waals surface area contributed by atoms with Crippen molar-refractivity contribution in [1.82, 2.24) is 4.90 Å². The van der Waals surface area contributed by atoms with Crippen molar-refractivity contribution in [3.05, 3.63) is 16.3 Å². The number of anilines is 1. The van der Waals surface area contributed by atoms with Crippen molar-refractivity contribution in [2.24, 2.45) is 5.92 Å². The number of carbonyl (C=O) groups is 1. The van der Waals surface area contributed by atoms with Gasteiger partial charge in [-0.1, -0.05) is 13.3 Å². The molecule has 0 spiro atoms. The minimum Gasteiger partial charge on any atom is -0.397 e. The Kier molecular flexibility index (Phi) is 2.95. The smallest absolute Gasteiger partial charge is 0.266 e. The van der Waals surface area contributed by atoms with Gasteiger partial charge < -0.3 is 10.6 Å². The fourth-order valence-corrected chi connectivity index (χ4v) is 2.77. The average molecular weight is 224 g/mol. The third-order valence-electron chi connectivity index (χ3n) is 3.04. The summed E-state index contributed by atoms with van der Waals surface area (Å²) in [5.41, 5.74) is 6.35. The molecule has 15 heavy (non-hydrogen) atoms. The summed E-state index contributed by atoms with van der Waals surface area (Å²) in [4.78, 5) is 14.7. The first-order valence-electron chi connectivity index (χ1n) is 5.34. The molecular formula is C11H16N2OS. The topological polar surface area (TPSA) is 46.3 Å². The molecular weight excluding hydrogens is 208 g/mol. The maximum atomic E-state index is 12.0. The summed E-state index contributed by atoms with van der Waals surface area (Å²) in [5.74, 6) is 0.786. The third kappa shape index (κ3) is 2.00. The molecule has 1 aromatic heterocycles. The molecule has 1 aliphatic rings. The molecule has 1 amide bonds. The Morgan fingerprint density at radius 1 is 1.73 bits per heavy atom. The lowest BCUT2D eigenvalue weighted by molar-refractivity contribution is 0.0792. The number of nitrogen functional groups attached to an aromatic ring is 1. The lowest BCUT2D eigenvalue weighted by Gasteiger charge is -2.15. The van der Waals surface area contributed by atoms with E-state index in [2.05, 4.69) is 6.92 Å². The number of rotatable bonds is 2. The van der Waals surface area contributed by atoms with Crippen LogP contribution in [0.1, 0.15) is 29.4 Å². The van der Waals surface area contributed by atoms with E-state index in [1.165, 1.54) is 11.3 Å². The molecule has 1 unspecified atom stereocenters. The van der Waals surface area contributed by atoms with Gasteiger partial charge in [-0.2, -0.15) is 0 Å². The molecule has 1 saturated heterocycles. The van der Waals surface area contributed by atoms with Gasteiger partial charge >= 0.3 is 0 Å². The van der Waals surface area contributed by atoms with E-state index in [1.807, 2.05) is 10.3 Å². The Balaban J connectivity index is 2.07. The van der Waals surface area contributed by atoms with E-state index < -0.39 is 0 Å². The number of hydrogen-bond donors (Lipinski definition) is 1. The first-order valence-corrected chi connectivity index (χ1v) is 6.22. The van der Waals surface area contributed by atoms with Gasteiger partial charge in [0.05, 0.1) is 5.69 Å². The van der Waals surface area contributed by atoms with Gasteiger partial charge in [0, 0.05) is 13.1 Å². The van der Waals surface area contributed by atoms with E-state index in [4.69, 9.17) is 5.73 Å². The number of amides is 1. The van der Waals surface area contributed by atoms with Crippen LogP contribution < -0.4 is 5.73 Å². The predicted octanol–water partition coefficient (Wildman–Crippen LogP) is 2.20. The molecule has 0 radical (unpaired) electrons. The SMILES string of the molecule is CCC1CCN(C(=O)c2sccc2N)C1. The van der Waals surface area contributed by atoms with Gasteiger partial charge in [0.1, 0.15) is 4.88 Å². The number of nitrogens with zero attached hydrogens (tertiary/aromatic N) is 1. The summed E-state index contributed by atoms with van der Waals surface area (Å²) < 4.78 is 0. The Bertz CT molecular complexity index is 361. The zero-order valence-corrected chi connectivity index (χ0v) is 9.72. The molecule has 1 aliphatic heterocycles. The normalized spacial score (nSPS) is 20.9. The molecule has 0 saturated carbocycles. The third-order valence-corrected chi connectivity index (χ3v) is 3.96. The first-order chi connectivity index (χ1) is 7.22. The number of likely N-dealkylation sites (tertiary alicyclic amines) is 1. The van der Waals surface area contributed by atoms with Crippen molar-refractivity contribution in [2.45, 2.75) is 19.8 Å². The summed E-state index contributed by atoms with van der Waals surface area (Å²) in [6.45, 7) is 3.96. The van der Waals surface area contributed by atoms with E-state index in [0.717, 1.165) is 25.9 Å². The van der Waals surface area contributed by atoms with Crippen LogP contribution in [0.3, 0.4) is 0 Å². The quantitative estimate of drug-likeness (QED) is 0.837.